The van der Waals surface area contributed by atoms with Gasteiger partial charge < -0.3 is 5.32 Å². The van der Waals surface area contributed by atoms with Crippen molar-refractivity contribution in [2.45, 2.75) is 32.7 Å². The number of nitrogens with zero attached hydrogens (tertiary/aromatic N) is 2. The van der Waals surface area contributed by atoms with Crippen LogP contribution in [0.15, 0.2) is 18.5 Å². The van der Waals surface area contributed by atoms with Gasteiger partial charge >= 0.3 is 0 Å². The molecule has 0 aromatic carbocycles. The van der Waals surface area contributed by atoms with Crippen molar-refractivity contribution in [3.63, 3.8) is 0 Å². The molecule has 0 saturated heterocycles. The molecule has 0 radical (unpaired) electrons. The summed E-state index contributed by atoms with van der Waals surface area (Å²) in [5.74, 6) is 1.82. The van der Waals surface area contributed by atoms with Gasteiger partial charge in [-0.05, 0) is 30.9 Å². The van der Waals surface area contributed by atoms with E-state index in [0.717, 1.165) is 24.9 Å². The third kappa shape index (κ3) is 3.06. The van der Waals surface area contributed by atoms with E-state index in [2.05, 4.69) is 17.3 Å². The first-order chi connectivity index (χ1) is 7.36. The SMILES string of the molecule is CC1CCCC1CNCCn1cccn1. The second-order valence-corrected chi connectivity index (χ2v) is 4.64. The minimum Gasteiger partial charge on any atom is -0.315 e. The first-order valence-electron chi connectivity index (χ1n) is 6.04. The molecule has 0 bridgehead atoms. The fourth-order valence-corrected chi connectivity index (χ4v) is 2.44. The minimum absolute atomic E-state index is 0.905. The third-order valence-corrected chi connectivity index (χ3v) is 3.52. The molecule has 1 aromatic heterocycles. The molecule has 1 aliphatic rings. The van der Waals surface area contributed by atoms with Crippen molar-refractivity contribution >= 4 is 0 Å². The van der Waals surface area contributed by atoms with Crippen LogP contribution in [0.5, 0.6) is 0 Å². The Bertz CT molecular complexity index is 268. The zero-order valence-electron chi connectivity index (χ0n) is 9.52. The van der Waals surface area contributed by atoms with Crippen molar-refractivity contribution in [1.82, 2.24) is 15.1 Å². The van der Waals surface area contributed by atoms with Gasteiger partial charge in [-0.1, -0.05) is 19.8 Å². The molecule has 15 heavy (non-hydrogen) atoms. The molecule has 1 heterocycles. The van der Waals surface area contributed by atoms with E-state index in [1.54, 1.807) is 0 Å². The Morgan fingerprint density at radius 3 is 3.07 bits per heavy atom. The Morgan fingerprint density at radius 1 is 1.47 bits per heavy atom. The normalized spacial score (nSPS) is 25.9. The summed E-state index contributed by atoms with van der Waals surface area (Å²) in [5.41, 5.74) is 0. The molecule has 1 aliphatic carbocycles. The first kappa shape index (κ1) is 10.7. The Morgan fingerprint density at radius 2 is 2.40 bits per heavy atom. The average molecular weight is 207 g/mol. The molecule has 1 N–H and O–H groups in total. The predicted molar refractivity (Wildman–Crippen MR) is 61.6 cm³/mol. The zero-order valence-corrected chi connectivity index (χ0v) is 9.52. The number of aromatic nitrogens is 2. The van der Waals surface area contributed by atoms with Crippen LogP contribution >= 0.6 is 0 Å². The van der Waals surface area contributed by atoms with Crippen LogP contribution in [0.3, 0.4) is 0 Å². The van der Waals surface area contributed by atoms with E-state index >= 15 is 0 Å². The molecular weight excluding hydrogens is 186 g/mol. The topological polar surface area (TPSA) is 29.9 Å². The van der Waals surface area contributed by atoms with E-state index < -0.39 is 0 Å². The number of hydrogen-bond donors (Lipinski definition) is 1. The van der Waals surface area contributed by atoms with Crippen molar-refractivity contribution in [1.29, 1.82) is 0 Å². The van der Waals surface area contributed by atoms with Crippen molar-refractivity contribution in [3.8, 4) is 0 Å². The summed E-state index contributed by atoms with van der Waals surface area (Å²) in [6.45, 7) is 5.58. The average Bonchev–Trinajstić information content (AvgIpc) is 2.85. The lowest BCUT2D eigenvalue weighted by Gasteiger charge is -2.15. The molecule has 1 saturated carbocycles. The lowest BCUT2D eigenvalue weighted by atomic mass is 9.98. The van der Waals surface area contributed by atoms with Gasteiger partial charge in [0.2, 0.25) is 0 Å². The molecule has 3 nitrogen and oxygen atoms in total. The molecule has 2 unspecified atom stereocenters. The van der Waals surface area contributed by atoms with Gasteiger partial charge in [0.1, 0.15) is 0 Å². The maximum Gasteiger partial charge on any atom is 0.0533 e. The Labute approximate surface area is 91.9 Å². The van der Waals surface area contributed by atoms with Crippen LogP contribution in [0.1, 0.15) is 26.2 Å². The van der Waals surface area contributed by atoms with Crippen LogP contribution in [0, 0.1) is 11.8 Å². The van der Waals surface area contributed by atoms with E-state index in [1.165, 1.54) is 25.8 Å². The van der Waals surface area contributed by atoms with Crippen LogP contribution in [-0.4, -0.2) is 22.9 Å². The lowest BCUT2D eigenvalue weighted by molar-refractivity contribution is 0.386. The van der Waals surface area contributed by atoms with Crippen LogP contribution in [0.25, 0.3) is 0 Å². The monoisotopic (exact) mass is 207 g/mol. The largest absolute Gasteiger partial charge is 0.315 e. The molecule has 1 fully saturated rings. The van der Waals surface area contributed by atoms with Crippen LogP contribution in [-0.2, 0) is 6.54 Å². The summed E-state index contributed by atoms with van der Waals surface area (Å²) in [6.07, 6.45) is 8.10. The summed E-state index contributed by atoms with van der Waals surface area (Å²) < 4.78 is 1.98. The summed E-state index contributed by atoms with van der Waals surface area (Å²) in [5, 5.41) is 7.71. The second kappa shape index (κ2) is 5.31. The highest BCUT2D eigenvalue weighted by Crippen LogP contribution is 2.30. The standard InChI is InChI=1S/C12H21N3/c1-11-4-2-5-12(11)10-13-7-9-15-8-3-6-14-15/h3,6,8,11-13H,2,4-5,7,9-10H2,1H3. The fraction of sp³-hybridized carbons (Fsp3) is 0.750. The number of nitrogens with one attached hydrogen (secondary N) is 1. The van der Waals surface area contributed by atoms with Gasteiger partial charge in [-0.2, -0.15) is 5.10 Å². The van der Waals surface area contributed by atoms with E-state index in [-0.39, 0.29) is 0 Å². The molecule has 2 rings (SSSR count). The van der Waals surface area contributed by atoms with Crippen molar-refractivity contribution < 1.29 is 0 Å². The van der Waals surface area contributed by atoms with Gasteiger partial charge in [0.05, 0.1) is 6.54 Å². The van der Waals surface area contributed by atoms with E-state index in [4.69, 9.17) is 0 Å². The van der Waals surface area contributed by atoms with E-state index in [1.807, 2.05) is 23.1 Å². The van der Waals surface area contributed by atoms with Crippen molar-refractivity contribution in [3.05, 3.63) is 18.5 Å². The van der Waals surface area contributed by atoms with E-state index in [9.17, 15) is 0 Å². The quantitative estimate of drug-likeness (QED) is 0.747. The summed E-state index contributed by atoms with van der Waals surface area (Å²) in [4.78, 5) is 0. The molecule has 3 heteroatoms. The predicted octanol–water partition coefficient (Wildman–Crippen LogP) is 1.91. The summed E-state index contributed by atoms with van der Waals surface area (Å²) in [7, 11) is 0. The van der Waals surface area contributed by atoms with Crippen LogP contribution in [0.4, 0.5) is 0 Å². The van der Waals surface area contributed by atoms with Gasteiger partial charge in [0.15, 0.2) is 0 Å². The Balaban J connectivity index is 1.59. The van der Waals surface area contributed by atoms with E-state index in [0.29, 0.717) is 0 Å². The van der Waals surface area contributed by atoms with Crippen LogP contribution in [0.2, 0.25) is 0 Å². The maximum absolute atomic E-state index is 4.18. The van der Waals surface area contributed by atoms with Crippen molar-refractivity contribution in [2.24, 2.45) is 11.8 Å². The molecular formula is C12H21N3. The van der Waals surface area contributed by atoms with Gasteiger partial charge in [0, 0.05) is 18.9 Å². The number of rotatable bonds is 5. The lowest BCUT2D eigenvalue weighted by Crippen LogP contribution is -2.27. The molecule has 0 aliphatic heterocycles. The minimum atomic E-state index is 0.905. The Hall–Kier alpha value is -0.830. The maximum atomic E-state index is 4.18. The van der Waals surface area contributed by atoms with Crippen molar-refractivity contribution in [2.75, 3.05) is 13.1 Å². The highest BCUT2D eigenvalue weighted by Gasteiger charge is 2.22. The smallest absolute Gasteiger partial charge is 0.0533 e. The van der Waals surface area contributed by atoms with Crippen LogP contribution < -0.4 is 5.32 Å². The first-order valence-corrected chi connectivity index (χ1v) is 6.04. The highest BCUT2D eigenvalue weighted by molar-refractivity contribution is 4.78. The highest BCUT2D eigenvalue weighted by atomic mass is 15.3. The third-order valence-electron chi connectivity index (χ3n) is 3.52. The van der Waals surface area contributed by atoms with Gasteiger partial charge in [-0.15, -0.1) is 0 Å². The summed E-state index contributed by atoms with van der Waals surface area (Å²) >= 11 is 0. The molecule has 0 spiro atoms. The molecule has 84 valence electrons. The second-order valence-electron chi connectivity index (χ2n) is 4.64. The number of hydrogen-bond acceptors (Lipinski definition) is 2. The van der Waals surface area contributed by atoms with Gasteiger partial charge in [-0.25, -0.2) is 0 Å². The molecule has 2 atom stereocenters. The Kier molecular flexibility index (Phi) is 3.78. The zero-order chi connectivity index (χ0) is 10.5. The summed E-state index contributed by atoms with van der Waals surface area (Å²) in [6, 6.07) is 1.97. The van der Waals surface area contributed by atoms with Gasteiger partial charge in [0.25, 0.3) is 0 Å². The van der Waals surface area contributed by atoms with Gasteiger partial charge in [-0.3, -0.25) is 4.68 Å². The molecule has 0 amide bonds. The fourth-order valence-electron chi connectivity index (χ4n) is 2.44. The molecule has 1 aromatic rings.